The zero-order valence-electron chi connectivity index (χ0n) is 77.6. The molecule has 0 aliphatic carbocycles. The Morgan fingerprint density at radius 3 is 1.74 bits per heavy atom. The van der Waals surface area contributed by atoms with Gasteiger partial charge in [0.15, 0.2) is 0 Å². The number of para-hydroxylation sites is 2. The topological polar surface area (TPSA) is 701 Å². The van der Waals surface area contributed by atoms with Crippen molar-refractivity contribution >= 4 is 152 Å². The molecular weight excluding hydrogens is 1840 g/mol. The molecule has 0 radical (unpaired) electrons. The number of aliphatic hydroxyl groups is 2. The van der Waals surface area contributed by atoms with Crippen LogP contribution >= 0.6 is 11.8 Å². The summed E-state index contributed by atoms with van der Waals surface area (Å²) in [5.74, 6) is -23.9. The Morgan fingerprint density at radius 2 is 1.10 bits per heavy atom. The first-order valence-corrected chi connectivity index (χ1v) is 46.6. The molecule has 3 aromatic carbocycles. The highest BCUT2D eigenvalue weighted by Crippen LogP contribution is 2.29. The summed E-state index contributed by atoms with van der Waals surface area (Å²) in [6, 6.07) is -5.64. The number of aromatic amines is 2. The van der Waals surface area contributed by atoms with E-state index in [9.17, 15) is 88.2 Å². The number of H-pyrrole nitrogens is 2. The first-order chi connectivity index (χ1) is 66.1. The molecule has 0 saturated carbocycles. The minimum atomic E-state index is -2.03. The number of imidazole rings is 1. The van der Waals surface area contributed by atoms with Crippen molar-refractivity contribution in [2.45, 2.75) is 234 Å². The third-order valence-electron chi connectivity index (χ3n) is 24.4. The van der Waals surface area contributed by atoms with E-state index in [-0.39, 0.29) is 68.5 Å². The van der Waals surface area contributed by atoms with Crippen LogP contribution in [0.1, 0.15) is 133 Å². The second kappa shape index (κ2) is 51.0. The summed E-state index contributed by atoms with van der Waals surface area (Å²) in [7, 11) is 3.61. The quantitative estimate of drug-likeness (QED) is 0.0223. The molecule has 3 saturated heterocycles. The summed E-state index contributed by atoms with van der Waals surface area (Å²) in [6.07, 6.45) is -1.04. The number of phenols is 1. The van der Waals surface area contributed by atoms with Gasteiger partial charge in [0.1, 0.15) is 96.9 Å². The molecule has 3 aromatic heterocycles. The Kier molecular flexibility index (Phi) is 39.7. The van der Waals surface area contributed by atoms with Crippen molar-refractivity contribution in [2.24, 2.45) is 11.5 Å². The van der Waals surface area contributed by atoms with Gasteiger partial charge in [0, 0.05) is 131 Å². The van der Waals surface area contributed by atoms with Gasteiger partial charge in [0.2, 0.25) is 100 Å². The summed E-state index contributed by atoms with van der Waals surface area (Å²) in [4.78, 5) is 302. The predicted molar refractivity (Wildman–Crippen MR) is 496 cm³/mol. The Balaban J connectivity index is 1.12. The monoisotopic (exact) mass is 1960 g/mol. The summed E-state index contributed by atoms with van der Waals surface area (Å²) < 4.78 is 1.37. The average Bonchev–Trinajstić information content (AvgIpc) is 1.64. The molecule has 15 atom stereocenters. The number of benzene rings is 3. The fourth-order valence-corrected chi connectivity index (χ4v) is 17.7. The minimum absolute atomic E-state index is 0.0886. The Bertz CT molecular complexity index is 5480. The number of nitrogens with one attached hydrogen (secondary N) is 12. The Morgan fingerprint density at radius 1 is 0.532 bits per heavy atom. The van der Waals surface area contributed by atoms with Crippen molar-refractivity contribution in [3.8, 4) is 5.75 Å². The molecule has 139 heavy (non-hydrogen) atoms. The molecule has 22 N–H and O–H groups in total. The lowest BCUT2D eigenvalue weighted by Crippen LogP contribution is -2.62. The van der Waals surface area contributed by atoms with E-state index in [4.69, 9.17) is 11.5 Å². The van der Waals surface area contributed by atoms with Crippen LogP contribution in [0, 0.1) is 0 Å². The van der Waals surface area contributed by atoms with E-state index in [1.54, 1.807) is 62.4 Å². The van der Waals surface area contributed by atoms with Crippen LogP contribution in [0.15, 0.2) is 97.7 Å². The molecule has 9 rings (SSSR count). The van der Waals surface area contributed by atoms with Crippen molar-refractivity contribution in [3.63, 3.8) is 0 Å². The molecule has 0 bridgehead atoms. The maximum Gasteiger partial charge on any atom is 0.323 e. The fraction of sp³-hybridized carbons (Fsp3) is 0.505. The van der Waals surface area contributed by atoms with Gasteiger partial charge in [-0.05, 0) is 86.4 Å². The summed E-state index contributed by atoms with van der Waals surface area (Å²) in [5.41, 5.74) is 13.2. The lowest BCUT2D eigenvalue weighted by Gasteiger charge is -2.36. The predicted octanol–water partition coefficient (Wildman–Crippen LogP) is -3.95. The number of carboxylic acids is 3. The standard InChI is InChI=1S/C91H121N21O26S/c1-7-9-19-68-84(131)99-58(28-30-75(119)120)80(127)106-66(79(126)96-40-73(93)117)45-139-46-74(118)98-62(32-49-23-25-53(114)26-24-49)87(134)107(4)48(3)78(125)103-64(37-76(121)122)90(137)111-31-15-22-69(111)85(132)102-61(35-52-39-94-47-97-52)82(129)100-59(27-29-72(92)116)89(136)112-42-54(115)36-71(112)86(133)101-60(33-50-38-95-57-18-13-11-16-55(50)57)81(128)105-65(44-113)83(130)104-63(88(135)109(6)70(20-10-8-2)91(138)108(68)5)34-51-41-110(43-77(123)124)67-21-14-12-17-56(51)67/h11-14,16-18,21,23-26,38-39,41,47-48,54,58-66,68-71,95,113-115H,7-10,15,19-20,22,27-37,40,42-46H2,1-6H3,(H2,92,116)(H2,93,117)(H,94,97)(H,96,126)(H,98,118)(H,99,131)(H,100,129)(H,101,133)(H,102,132)(H,103,125)(H,104,130)(H,105,128)(H,106,127)(H,119,120)(H,121,122)(H,123,124)/t48-,54+,58-,59-,60-,61-,62-,63-,64-,65-,66-,68-,69-,70-,71-/m0/s1. The van der Waals surface area contributed by atoms with Gasteiger partial charge in [-0.15, -0.1) is 11.8 Å². The molecule has 3 fully saturated rings. The number of carbonyl (C=O) groups excluding carboxylic acids is 17. The lowest BCUT2D eigenvalue weighted by atomic mass is 10.00. The highest BCUT2D eigenvalue weighted by Gasteiger charge is 2.47. The van der Waals surface area contributed by atoms with Crippen LogP contribution in [0.5, 0.6) is 5.75 Å². The van der Waals surface area contributed by atoms with Gasteiger partial charge in [0.25, 0.3) is 0 Å². The van der Waals surface area contributed by atoms with Crippen LogP contribution < -0.4 is 64.6 Å². The highest BCUT2D eigenvalue weighted by molar-refractivity contribution is 8.00. The van der Waals surface area contributed by atoms with Crippen molar-refractivity contribution in [3.05, 3.63) is 120 Å². The number of aromatic nitrogens is 4. The van der Waals surface area contributed by atoms with E-state index in [1.165, 1.54) is 74.8 Å². The number of unbranched alkanes of at least 4 members (excludes halogenated alkanes) is 2. The van der Waals surface area contributed by atoms with Crippen LogP contribution in [0.3, 0.4) is 0 Å². The molecule has 752 valence electrons. The van der Waals surface area contributed by atoms with Crippen LogP contribution in [-0.4, -0.2) is 343 Å². The second-order valence-corrected chi connectivity index (χ2v) is 35.6. The Labute approximate surface area is 801 Å². The highest BCUT2D eigenvalue weighted by atomic mass is 32.2. The first-order valence-electron chi connectivity index (χ1n) is 45.5. The number of hydrogen-bond donors (Lipinski definition) is 20. The molecule has 47 nitrogen and oxygen atoms in total. The molecule has 17 amide bonds. The molecule has 6 heterocycles. The van der Waals surface area contributed by atoms with E-state index >= 15 is 38.4 Å². The number of thioether (sulfide) groups is 1. The van der Waals surface area contributed by atoms with Gasteiger partial charge >= 0.3 is 17.9 Å². The van der Waals surface area contributed by atoms with Gasteiger partial charge in [0.05, 0.1) is 37.8 Å². The van der Waals surface area contributed by atoms with E-state index in [0.29, 0.717) is 57.5 Å². The molecule has 6 aromatic rings. The molecule has 0 unspecified atom stereocenters. The fourth-order valence-electron chi connectivity index (χ4n) is 16.8. The number of aromatic hydroxyl groups is 1. The SMILES string of the molecule is CCCC[C@H]1C(=O)N(C)[C@@H](CCCC)C(=O)N[C@@H](CCC(=O)O)C(=O)N[C@H](C(=O)NCC(N)=O)CSCC(=O)N[C@@H](Cc2ccc(O)cc2)C(=O)N(C)[C@@H](C)C(=O)N[C@@H](CC(=O)O)C(=O)N2CCC[C@H]2C(=O)N[C@@H](Cc2cnc[nH]2)C(=O)N[C@@H](CCC(N)=O)C(=O)N2C[C@H](O)C[C@H]2C(=O)N[C@@H](Cc2c[nH]c3ccccc23)C(=O)N[C@@H](CO)C(=O)N[C@@H](Cc2cn(CC(=O)O)c3ccccc23)C(=O)N1C. The second-order valence-electron chi connectivity index (χ2n) is 34.6. The van der Waals surface area contributed by atoms with Crippen LogP contribution in [-0.2, 0) is 128 Å². The van der Waals surface area contributed by atoms with E-state index < -0.39 is 305 Å². The number of amides is 17. The third-order valence-corrected chi connectivity index (χ3v) is 25.5. The number of aliphatic carboxylic acids is 3. The van der Waals surface area contributed by atoms with E-state index in [1.807, 2.05) is 0 Å². The largest absolute Gasteiger partial charge is 0.508 e. The minimum Gasteiger partial charge on any atom is -0.508 e. The number of likely N-dealkylation sites (N-methyl/N-ethyl adjacent to an activating group) is 3. The van der Waals surface area contributed by atoms with Crippen molar-refractivity contribution < 1.29 is 127 Å². The van der Waals surface area contributed by atoms with E-state index in [2.05, 4.69) is 68.1 Å². The summed E-state index contributed by atoms with van der Waals surface area (Å²) >= 11 is 0.668. The number of phenolic OH excluding ortho intramolecular Hbond substituents is 1. The maximum atomic E-state index is 15.9. The van der Waals surface area contributed by atoms with Crippen LogP contribution in [0.2, 0.25) is 0 Å². The number of carboxylic acid groups (broad SMARTS) is 3. The molecule has 3 aliphatic rings. The van der Waals surface area contributed by atoms with Crippen molar-refractivity contribution in [2.75, 3.05) is 58.9 Å². The van der Waals surface area contributed by atoms with Gasteiger partial charge in [-0.25, -0.2) is 4.98 Å². The normalized spacial score (nSPS) is 24.3. The third kappa shape index (κ3) is 30.0. The smallest absolute Gasteiger partial charge is 0.323 e. The summed E-state index contributed by atoms with van der Waals surface area (Å²) in [6.45, 7) is 1.27. The maximum absolute atomic E-state index is 15.9. The zero-order chi connectivity index (χ0) is 102. The van der Waals surface area contributed by atoms with Gasteiger partial charge in [-0.2, -0.15) is 0 Å². The number of rotatable bonds is 28. The van der Waals surface area contributed by atoms with E-state index in [0.717, 1.165) is 31.5 Å². The van der Waals surface area contributed by atoms with Gasteiger partial charge in [-0.1, -0.05) is 88.1 Å². The number of fused-ring (bicyclic) bond motifs is 4. The van der Waals surface area contributed by atoms with Crippen LogP contribution in [0.4, 0.5) is 0 Å². The Hall–Kier alpha value is -14.6. The average molecular weight is 1960 g/mol. The van der Waals surface area contributed by atoms with Crippen LogP contribution in [0.25, 0.3) is 21.8 Å². The van der Waals surface area contributed by atoms with Gasteiger partial charge < -0.3 is 134 Å². The molecule has 0 spiro atoms. The zero-order valence-corrected chi connectivity index (χ0v) is 78.4. The summed E-state index contributed by atoms with van der Waals surface area (Å²) in [5, 5.41) is 89.4. The molecule has 3 aliphatic heterocycles. The number of nitrogens with zero attached hydrogens (tertiary/aromatic N) is 7. The molecular formula is C91H121N21O26S. The molecule has 48 heteroatoms. The van der Waals surface area contributed by atoms with Crippen molar-refractivity contribution in [1.29, 1.82) is 0 Å². The number of nitrogens with two attached hydrogens (primary N) is 2. The lowest BCUT2D eigenvalue weighted by molar-refractivity contribution is -0.149. The van der Waals surface area contributed by atoms with Gasteiger partial charge in [-0.3, -0.25) is 95.9 Å². The number of primary amides is 2. The first kappa shape index (κ1) is 108. The number of hydrogen-bond acceptors (Lipinski definition) is 25. The van der Waals surface area contributed by atoms with Crippen molar-refractivity contribution in [1.82, 2.24) is 97.2 Å². The number of carbonyl (C=O) groups is 20. The number of aliphatic hydroxyl groups excluding tert-OH is 2.